The highest BCUT2D eigenvalue weighted by Crippen LogP contribution is 2.15. The van der Waals surface area contributed by atoms with Crippen LogP contribution in [0.5, 0.6) is 0 Å². The summed E-state index contributed by atoms with van der Waals surface area (Å²) < 4.78 is 4.26. The minimum Gasteiger partial charge on any atom is -0.357 e. The standard InChI is InChI=1S/C21H36N8/c1-6-22-21(24-15(2)14-18-16(3)27-28(5)17(18)4)23-12-11-20-26-25-19-10-8-7-9-13-29(19)20/h15H,6-14H2,1-5H3,(H2,22,23,24). The van der Waals surface area contributed by atoms with E-state index >= 15 is 0 Å². The van der Waals surface area contributed by atoms with Gasteiger partial charge in [0, 0.05) is 51.3 Å². The van der Waals surface area contributed by atoms with Crippen LogP contribution in [0.25, 0.3) is 0 Å². The van der Waals surface area contributed by atoms with E-state index in [1.165, 1.54) is 30.5 Å². The smallest absolute Gasteiger partial charge is 0.191 e. The molecule has 0 fully saturated rings. The molecule has 29 heavy (non-hydrogen) atoms. The molecule has 0 amide bonds. The first kappa shape index (κ1) is 21.3. The summed E-state index contributed by atoms with van der Waals surface area (Å²) in [6.45, 7) is 11.1. The Labute approximate surface area is 174 Å². The number of aryl methyl sites for hydroxylation is 3. The average molecular weight is 401 g/mol. The Balaban J connectivity index is 1.59. The van der Waals surface area contributed by atoms with Gasteiger partial charge in [0.05, 0.1) is 5.69 Å². The van der Waals surface area contributed by atoms with E-state index in [0.29, 0.717) is 6.54 Å². The normalized spacial score (nSPS) is 15.7. The van der Waals surface area contributed by atoms with Crippen LogP contribution in [0.2, 0.25) is 0 Å². The summed E-state index contributed by atoms with van der Waals surface area (Å²) in [5.74, 6) is 3.06. The number of nitrogens with zero attached hydrogens (tertiary/aromatic N) is 6. The van der Waals surface area contributed by atoms with Gasteiger partial charge in [-0.3, -0.25) is 9.67 Å². The third-order valence-electron chi connectivity index (χ3n) is 5.69. The topological polar surface area (TPSA) is 84.9 Å². The molecular formula is C21H36N8. The molecule has 0 aromatic carbocycles. The molecule has 1 aliphatic heterocycles. The van der Waals surface area contributed by atoms with E-state index in [2.05, 4.69) is 58.2 Å². The van der Waals surface area contributed by atoms with Gasteiger partial charge in [0.2, 0.25) is 0 Å². The zero-order valence-corrected chi connectivity index (χ0v) is 18.6. The molecule has 2 N–H and O–H groups in total. The van der Waals surface area contributed by atoms with Crippen LogP contribution in [-0.2, 0) is 32.9 Å². The lowest BCUT2D eigenvalue weighted by Gasteiger charge is -2.18. The maximum absolute atomic E-state index is 4.78. The minimum atomic E-state index is 0.263. The maximum atomic E-state index is 4.78. The van der Waals surface area contributed by atoms with Crippen LogP contribution in [-0.4, -0.2) is 49.6 Å². The van der Waals surface area contributed by atoms with Gasteiger partial charge in [-0.05, 0) is 52.5 Å². The highest BCUT2D eigenvalue weighted by atomic mass is 15.3. The molecule has 0 spiro atoms. The Kier molecular flexibility index (Phi) is 7.28. The van der Waals surface area contributed by atoms with Crippen molar-refractivity contribution >= 4 is 5.96 Å². The van der Waals surface area contributed by atoms with Crippen molar-refractivity contribution in [3.63, 3.8) is 0 Å². The van der Waals surface area contributed by atoms with Gasteiger partial charge in [0.25, 0.3) is 0 Å². The summed E-state index contributed by atoms with van der Waals surface area (Å²) >= 11 is 0. The van der Waals surface area contributed by atoms with Gasteiger partial charge in [0.15, 0.2) is 5.96 Å². The van der Waals surface area contributed by atoms with Crippen molar-refractivity contribution in [2.45, 2.75) is 78.8 Å². The van der Waals surface area contributed by atoms with Crippen LogP contribution in [0.3, 0.4) is 0 Å². The molecule has 0 radical (unpaired) electrons. The van der Waals surface area contributed by atoms with Gasteiger partial charge in [0.1, 0.15) is 11.6 Å². The van der Waals surface area contributed by atoms with Crippen molar-refractivity contribution in [2.24, 2.45) is 12.0 Å². The van der Waals surface area contributed by atoms with Crippen LogP contribution in [0.4, 0.5) is 0 Å². The lowest BCUT2D eigenvalue weighted by molar-refractivity contribution is 0.603. The van der Waals surface area contributed by atoms with Gasteiger partial charge < -0.3 is 15.2 Å². The fraction of sp³-hybridized carbons (Fsp3) is 0.714. The molecule has 2 aromatic heterocycles. The predicted octanol–water partition coefficient (Wildman–Crippen LogP) is 2.08. The van der Waals surface area contributed by atoms with Gasteiger partial charge in [-0.2, -0.15) is 5.10 Å². The molecule has 1 unspecified atom stereocenters. The van der Waals surface area contributed by atoms with E-state index in [0.717, 1.165) is 55.7 Å². The largest absolute Gasteiger partial charge is 0.357 e. The number of guanidine groups is 1. The molecule has 3 heterocycles. The number of rotatable bonds is 7. The van der Waals surface area contributed by atoms with Crippen LogP contribution in [0.1, 0.15) is 61.7 Å². The van der Waals surface area contributed by atoms with Crippen LogP contribution >= 0.6 is 0 Å². The third kappa shape index (κ3) is 5.36. The van der Waals surface area contributed by atoms with E-state index in [-0.39, 0.29) is 6.04 Å². The molecule has 8 heteroatoms. The van der Waals surface area contributed by atoms with E-state index < -0.39 is 0 Å². The summed E-state index contributed by atoms with van der Waals surface area (Å²) in [7, 11) is 2.00. The molecule has 3 rings (SSSR count). The highest BCUT2D eigenvalue weighted by molar-refractivity contribution is 5.80. The summed E-state index contributed by atoms with van der Waals surface area (Å²) in [5, 5.41) is 20.2. The van der Waals surface area contributed by atoms with Crippen molar-refractivity contribution in [2.75, 3.05) is 13.1 Å². The van der Waals surface area contributed by atoms with Gasteiger partial charge in [-0.1, -0.05) is 6.42 Å². The van der Waals surface area contributed by atoms with Gasteiger partial charge >= 0.3 is 0 Å². The van der Waals surface area contributed by atoms with E-state index in [1.807, 2.05) is 11.7 Å². The molecule has 0 saturated carbocycles. The maximum Gasteiger partial charge on any atom is 0.191 e. The van der Waals surface area contributed by atoms with E-state index in [1.54, 1.807) is 0 Å². The van der Waals surface area contributed by atoms with E-state index in [9.17, 15) is 0 Å². The van der Waals surface area contributed by atoms with Crippen molar-refractivity contribution in [1.29, 1.82) is 0 Å². The first-order valence-electron chi connectivity index (χ1n) is 10.9. The van der Waals surface area contributed by atoms with Gasteiger partial charge in [-0.25, -0.2) is 0 Å². The fourth-order valence-electron chi connectivity index (χ4n) is 4.02. The number of aliphatic imine (C=N–C) groups is 1. The Hall–Kier alpha value is -2.38. The van der Waals surface area contributed by atoms with E-state index in [4.69, 9.17) is 4.99 Å². The number of hydrogen-bond acceptors (Lipinski definition) is 4. The number of nitrogens with one attached hydrogen (secondary N) is 2. The van der Waals surface area contributed by atoms with Gasteiger partial charge in [-0.15, -0.1) is 10.2 Å². The molecule has 0 saturated heterocycles. The Morgan fingerprint density at radius 2 is 2.03 bits per heavy atom. The third-order valence-corrected chi connectivity index (χ3v) is 5.69. The first-order valence-corrected chi connectivity index (χ1v) is 10.9. The number of aromatic nitrogens is 5. The zero-order valence-electron chi connectivity index (χ0n) is 18.6. The summed E-state index contributed by atoms with van der Waals surface area (Å²) in [5.41, 5.74) is 3.65. The summed E-state index contributed by atoms with van der Waals surface area (Å²) in [6.07, 6.45) is 6.51. The molecule has 1 aliphatic rings. The molecular weight excluding hydrogens is 364 g/mol. The van der Waals surface area contributed by atoms with Crippen molar-refractivity contribution in [3.8, 4) is 0 Å². The van der Waals surface area contributed by atoms with Crippen LogP contribution < -0.4 is 10.6 Å². The second kappa shape index (κ2) is 9.89. The molecule has 1 atom stereocenters. The summed E-state index contributed by atoms with van der Waals surface area (Å²) in [6, 6.07) is 0.263. The minimum absolute atomic E-state index is 0.263. The molecule has 2 aromatic rings. The first-order chi connectivity index (χ1) is 14.0. The Bertz CT molecular complexity index is 832. The quantitative estimate of drug-likeness (QED) is 0.549. The molecule has 0 aliphatic carbocycles. The number of fused-ring (bicyclic) bond motifs is 1. The van der Waals surface area contributed by atoms with Crippen LogP contribution in [0.15, 0.2) is 4.99 Å². The number of hydrogen-bond donors (Lipinski definition) is 2. The molecule has 8 nitrogen and oxygen atoms in total. The Morgan fingerprint density at radius 1 is 1.21 bits per heavy atom. The van der Waals surface area contributed by atoms with Crippen molar-refractivity contribution in [1.82, 2.24) is 35.2 Å². The second-order valence-corrected chi connectivity index (χ2v) is 8.03. The van der Waals surface area contributed by atoms with Crippen molar-refractivity contribution in [3.05, 3.63) is 28.6 Å². The average Bonchev–Trinajstić information content (AvgIpc) is 3.05. The SMILES string of the molecule is CCNC(=NCCc1nnc2n1CCCCC2)NC(C)Cc1c(C)nn(C)c1C. The van der Waals surface area contributed by atoms with Crippen LogP contribution in [0, 0.1) is 13.8 Å². The summed E-state index contributed by atoms with van der Waals surface area (Å²) in [4.78, 5) is 4.78. The molecule has 160 valence electrons. The predicted molar refractivity (Wildman–Crippen MR) is 116 cm³/mol. The van der Waals surface area contributed by atoms with Crippen molar-refractivity contribution < 1.29 is 0 Å². The second-order valence-electron chi connectivity index (χ2n) is 8.03. The lowest BCUT2D eigenvalue weighted by atomic mass is 10.1. The monoisotopic (exact) mass is 400 g/mol. The zero-order chi connectivity index (χ0) is 20.8. The lowest BCUT2D eigenvalue weighted by Crippen LogP contribution is -2.43. The highest BCUT2D eigenvalue weighted by Gasteiger charge is 2.15. The molecule has 0 bridgehead atoms. The Morgan fingerprint density at radius 3 is 2.76 bits per heavy atom. The fourth-order valence-corrected chi connectivity index (χ4v) is 4.02.